The second-order valence-corrected chi connectivity index (χ2v) is 10.7. The minimum atomic E-state index is -5.28. The van der Waals surface area contributed by atoms with Gasteiger partial charge in [0.15, 0.2) is 12.1 Å². The molecular formula is C16H24N2O14P2. The van der Waals surface area contributed by atoms with E-state index in [4.69, 9.17) is 9.47 Å². The van der Waals surface area contributed by atoms with Gasteiger partial charge in [-0.05, 0) is 13.8 Å². The number of aromatic amines is 1. The lowest BCUT2D eigenvalue weighted by atomic mass is 10.1. The lowest BCUT2D eigenvalue weighted by Gasteiger charge is -2.30. The Morgan fingerprint density at radius 3 is 2.47 bits per heavy atom. The van der Waals surface area contributed by atoms with E-state index in [9.17, 15) is 43.5 Å². The lowest BCUT2D eigenvalue weighted by Crippen LogP contribution is -2.43. The minimum Gasteiger partial charge on any atom is -0.390 e. The van der Waals surface area contributed by atoms with Gasteiger partial charge in [-0.1, -0.05) is 0 Å². The second kappa shape index (κ2) is 10.2. The number of hydrogen-bond acceptors (Lipinski definition) is 12. The van der Waals surface area contributed by atoms with Crippen molar-refractivity contribution in [1.82, 2.24) is 9.55 Å². The molecule has 0 aliphatic carbocycles. The van der Waals surface area contributed by atoms with E-state index in [1.807, 2.05) is 0 Å². The summed E-state index contributed by atoms with van der Waals surface area (Å²) in [5.41, 5.74) is -1.18. The summed E-state index contributed by atoms with van der Waals surface area (Å²) >= 11 is 0. The van der Waals surface area contributed by atoms with Crippen LogP contribution in [-0.4, -0.2) is 72.6 Å². The molecule has 2 fully saturated rings. The summed E-state index contributed by atoms with van der Waals surface area (Å²) in [5, 5.41) is 19.8. The van der Waals surface area contributed by atoms with Crippen molar-refractivity contribution in [2.45, 2.75) is 63.6 Å². The molecule has 3 heterocycles. The molecule has 5 N–H and O–H groups in total. The standard InChI is InChI=1S/C16H24N2O14P2/c1-7-5-18(16(23)17-15(7)22)12-3-9(19)11(30-12)6-28-33(24,25)32-34(26,27)31-13-4-10(20)14(21)8(2)29-13/h5,8-13,19-20H,3-4,6H2,1-2H3,(H,24,25)(H,26,27)(H,17,22,23)/t8-,9-,10+,11+,12+,13+/m0/s1. The highest BCUT2D eigenvalue weighted by Crippen LogP contribution is 2.61. The maximum Gasteiger partial charge on any atom is 0.483 e. The zero-order valence-electron chi connectivity index (χ0n) is 17.9. The molecule has 0 saturated carbocycles. The first-order valence-electron chi connectivity index (χ1n) is 9.90. The first-order chi connectivity index (χ1) is 15.7. The first kappa shape index (κ1) is 27.0. The number of ketones is 1. The number of carbonyl (C=O) groups excluding carboxylic acids is 1. The molecule has 192 valence electrons. The zero-order chi connectivity index (χ0) is 25.4. The third kappa shape index (κ3) is 6.56. The van der Waals surface area contributed by atoms with E-state index in [0.717, 1.165) is 4.57 Å². The van der Waals surface area contributed by atoms with Crippen molar-refractivity contribution in [2.75, 3.05) is 6.61 Å². The number of nitrogens with zero attached hydrogens (tertiary/aromatic N) is 1. The van der Waals surface area contributed by atoms with Crippen molar-refractivity contribution >= 4 is 21.4 Å². The highest BCUT2D eigenvalue weighted by molar-refractivity contribution is 7.61. The smallest absolute Gasteiger partial charge is 0.390 e. The van der Waals surface area contributed by atoms with Gasteiger partial charge >= 0.3 is 21.3 Å². The molecule has 2 unspecified atom stereocenters. The lowest BCUT2D eigenvalue weighted by molar-refractivity contribution is -0.185. The van der Waals surface area contributed by atoms with Gasteiger partial charge in [0.2, 0.25) is 0 Å². The van der Waals surface area contributed by atoms with Gasteiger partial charge in [-0.25, -0.2) is 13.9 Å². The van der Waals surface area contributed by atoms with Crippen LogP contribution in [0.5, 0.6) is 0 Å². The predicted octanol–water partition coefficient (Wildman–Crippen LogP) is -1.19. The molecule has 16 nitrogen and oxygen atoms in total. The summed E-state index contributed by atoms with van der Waals surface area (Å²) in [5.74, 6) is -0.669. The van der Waals surface area contributed by atoms with Gasteiger partial charge in [0.1, 0.15) is 24.5 Å². The molecule has 0 aromatic carbocycles. The van der Waals surface area contributed by atoms with Crippen LogP contribution in [-0.2, 0) is 36.8 Å². The van der Waals surface area contributed by atoms with E-state index in [0.29, 0.717) is 0 Å². The number of ether oxygens (including phenoxy) is 2. The van der Waals surface area contributed by atoms with Gasteiger partial charge in [0.25, 0.3) is 5.56 Å². The SMILES string of the molecule is Cc1cn([C@H]2C[C@H](O)[C@@H](COP(=O)(O)OP(=O)(O)O[C@@H]3C[C@@H](O)C(=O)[C@H](C)O3)O2)c(=O)[nH]c1=O. The Balaban J connectivity index is 1.57. The summed E-state index contributed by atoms with van der Waals surface area (Å²) in [6, 6.07) is 0. The zero-order valence-corrected chi connectivity index (χ0v) is 19.7. The van der Waals surface area contributed by atoms with Crippen LogP contribution in [0, 0.1) is 6.92 Å². The Labute approximate surface area is 191 Å². The van der Waals surface area contributed by atoms with Crippen molar-refractivity contribution in [2.24, 2.45) is 0 Å². The summed E-state index contributed by atoms with van der Waals surface area (Å²) in [6.07, 6.45) is -7.22. The monoisotopic (exact) mass is 530 g/mol. The molecule has 34 heavy (non-hydrogen) atoms. The molecule has 8 atom stereocenters. The predicted molar refractivity (Wildman–Crippen MR) is 108 cm³/mol. The molecule has 3 rings (SSSR count). The minimum absolute atomic E-state index is 0.129. The Kier molecular flexibility index (Phi) is 8.12. The van der Waals surface area contributed by atoms with Gasteiger partial charge in [-0.2, -0.15) is 4.31 Å². The number of phosphoric acid groups is 2. The number of nitrogens with one attached hydrogen (secondary N) is 1. The third-order valence-corrected chi connectivity index (χ3v) is 7.65. The van der Waals surface area contributed by atoms with Crippen molar-refractivity contribution in [3.63, 3.8) is 0 Å². The van der Waals surface area contributed by atoms with Crippen LogP contribution in [0.25, 0.3) is 0 Å². The molecule has 2 aliphatic heterocycles. The number of aliphatic hydroxyl groups excluding tert-OH is 2. The topological polar surface area (TPSA) is 233 Å². The van der Waals surface area contributed by atoms with Crippen molar-refractivity contribution in [3.05, 3.63) is 32.6 Å². The van der Waals surface area contributed by atoms with Gasteiger partial charge in [0, 0.05) is 24.6 Å². The third-order valence-electron chi connectivity index (χ3n) is 5.02. The summed E-state index contributed by atoms with van der Waals surface area (Å²) in [7, 11) is -10.5. The molecular weight excluding hydrogens is 506 g/mol. The van der Waals surface area contributed by atoms with Gasteiger partial charge < -0.3 is 29.5 Å². The molecule has 1 aromatic heterocycles. The number of phosphoric ester groups is 2. The van der Waals surface area contributed by atoms with Gasteiger partial charge in [-0.3, -0.25) is 28.2 Å². The van der Waals surface area contributed by atoms with Crippen molar-refractivity contribution in [3.8, 4) is 0 Å². The average molecular weight is 530 g/mol. The van der Waals surface area contributed by atoms with Crippen LogP contribution >= 0.6 is 15.6 Å². The number of carbonyl (C=O) groups is 1. The Hall–Kier alpha value is -1.55. The van der Waals surface area contributed by atoms with Gasteiger partial charge in [-0.15, -0.1) is 0 Å². The average Bonchev–Trinajstić information content (AvgIpc) is 3.06. The molecule has 2 saturated heterocycles. The van der Waals surface area contributed by atoms with Crippen LogP contribution in [0.4, 0.5) is 0 Å². The number of rotatable bonds is 8. The summed E-state index contributed by atoms with van der Waals surface area (Å²) in [4.78, 5) is 56.6. The number of Topliss-reactive ketones (excluding diaryl/α,β-unsaturated/α-hetero) is 1. The fourth-order valence-electron chi connectivity index (χ4n) is 3.31. The van der Waals surface area contributed by atoms with E-state index in [1.54, 1.807) is 0 Å². The second-order valence-electron chi connectivity index (χ2n) is 7.69. The van der Waals surface area contributed by atoms with E-state index < -0.39 is 82.6 Å². The normalized spacial score (nSPS) is 33.4. The fraction of sp³-hybridized carbons (Fsp3) is 0.688. The molecule has 2 aliphatic rings. The Morgan fingerprint density at radius 2 is 1.82 bits per heavy atom. The Morgan fingerprint density at radius 1 is 1.15 bits per heavy atom. The van der Waals surface area contributed by atoms with E-state index >= 15 is 0 Å². The number of H-pyrrole nitrogens is 1. The summed E-state index contributed by atoms with van der Waals surface area (Å²) in [6.45, 7) is 1.94. The molecule has 18 heteroatoms. The van der Waals surface area contributed by atoms with Crippen LogP contribution < -0.4 is 11.2 Å². The maximum atomic E-state index is 12.1. The number of hydrogen-bond donors (Lipinski definition) is 5. The number of aliphatic hydroxyl groups is 2. The van der Waals surface area contributed by atoms with E-state index in [-0.39, 0.29) is 12.0 Å². The quantitative estimate of drug-likeness (QED) is 0.249. The molecule has 1 aromatic rings. The summed E-state index contributed by atoms with van der Waals surface area (Å²) < 4.78 is 49.1. The first-order valence-corrected chi connectivity index (χ1v) is 12.9. The van der Waals surface area contributed by atoms with Crippen molar-refractivity contribution < 1.29 is 56.8 Å². The largest absolute Gasteiger partial charge is 0.483 e. The molecule has 0 spiro atoms. The van der Waals surface area contributed by atoms with Crippen LogP contribution in [0.2, 0.25) is 0 Å². The Bertz CT molecular complexity index is 1120. The highest BCUT2D eigenvalue weighted by atomic mass is 31.3. The van der Waals surface area contributed by atoms with E-state index in [1.165, 1.54) is 20.0 Å². The number of aryl methyl sites for hydroxylation is 1. The number of aromatic nitrogens is 2. The fourth-order valence-corrected chi connectivity index (χ4v) is 5.47. The molecule has 0 amide bonds. The van der Waals surface area contributed by atoms with Crippen LogP contribution in [0.1, 0.15) is 31.6 Å². The molecule has 0 radical (unpaired) electrons. The van der Waals surface area contributed by atoms with Crippen LogP contribution in [0.15, 0.2) is 15.8 Å². The highest BCUT2D eigenvalue weighted by Gasteiger charge is 2.43. The van der Waals surface area contributed by atoms with Gasteiger partial charge in [0.05, 0.1) is 12.7 Å². The maximum absolute atomic E-state index is 12.1. The van der Waals surface area contributed by atoms with Crippen LogP contribution in [0.3, 0.4) is 0 Å². The molecule has 0 bridgehead atoms. The van der Waals surface area contributed by atoms with Crippen molar-refractivity contribution in [1.29, 1.82) is 0 Å². The van der Waals surface area contributed by atoms with E-state index in [2.05, 4.69) is 18.3 Å².